The van der Waals surface area contributed by atoms with Crippen molar-refractivity contribution >= 4 is 22.4 Å². The summed E-state index contributed by atoms with van der Waals surface area (Å²) in [5.41, 5.74) is 8.42. The van der Waals surface area contributed by atoms with Gasteiger partial charge in [0.05, 0.1) is 5.56 Å². The summed E-state index contributed by atoms with van der Waals surface area (Å²) in [6, 6.07) is 10.2. The minimum Gasteiger partial charge on any atom is -0.382 e. The molecule has 0 atom stereocenters. The van der Waals surface area contributed by atoms with E-state index in [1.165, 1.54) is 11.5 Å². The highest BCUT2D eigenvalue weighted by atomic mass is 32.1. The molecule has 2 rings (SSSR count). The molecule has 0 aliphatic rings. The summed E-state index contributed by atoms with van der Waals surface area (Å²) >= 11 is 1.44. The molecule has 0 fully saturated rings. The molecule has 1 aromatic carbocycles. The normalized spacial score (nSPS) is 11.5. The highest BCUT2D eigenvalue weighted by molar-refractivity contribution is 7.11. The molecule has 0 saturated carbocycles. The van der Waals surface area contributed by atoms with Crippen LogP contribution in [0.1, 0.15) is 27.2 Å². The Labute approximate surface area is 119 Å². The van der Waals surface area contributed by atoms with Gasteiger partial charge in [-0.25, -0.2) is 0 Å². The van der Waals surface area contributed by atoms with E-state index in [0.717, 1.165) is 29.1 Å². The lowest BCUT2D eigenvalue weighted by Gasteiger charge is -2.23. The summed E-state index contributed by atoms with van der Waals surface area (Å²) in [5.74, 6) is 0.605. The fourth-order valence-electron chi connectivity index (χ4n) is 1.75. The maximum absolute atomic E-state index is 6.00. The standard InChI is InChI=1S/C15H21N3S/c1-4-15(2,3)10-17-14-12(13(16)18-19-14)11-8-6-5-7-9-11/h5-9,17H,4,10H2,1-3H3,(H2,16,18). The van der Waals surface area contributed by atoms with E-state index in [1.807, 2.05) is 18.2 Å². The zero-order valence-electron chi connectivity index (χ0n) is 11.7. The van der Waals surface area contributed by atoms with Gasteiger partial charge in [0.25, 0.3) is 0 Å². The summed E-state index contributed by atoms with van der Waals surface area (Å²) in [6.45, 7) is 7.64. The number of hydrogen-bond acceptors (Lipinski definition) is 4. The van der Waals surface area contributed by atoms with Gasteiger partial charge < -0.3 is 11.1 Å². The minimum atomic E-state index is 0.271. The van der Waals surface area contributed by atoms with E-state index in [0.29, 0.717) is 5.82 Å². The van der Waals surface area contributed by atoms with Crippen LogP contribution in [0, 0.1) is 5.41 Å². The maximum Gasteiger partial charge on any atom is 0.147 e. The number of rotatable bonds is 5. The Bertz CT molecular complexity index is 532. The Balaban J connectivity index is 2.24. The van der Waals surface area contributed by atoms with E-state index < -0.39 is 0 Å². The molecule has 1 heterocycles. The number of benzene rings is 1. The van der Waals surface area contributed by atoms with Gasteiger partial charge in [0.1, 0.15) is 10.8 Å². The monoisotopic (exact) mass is 275 g/mol. The Morgan fingerprint density at radius 3 is 2.58 bits per heavy atom. The predicted octanol–water partition coefficient (Wildman–Crippen LogP) is 4.24. The van der Waals surface area contributed by atoms with Crippen molar-refractivity contribution in [2.45, 2.75) is 27.2 Å². The van der Waals surface area contributed by atoms with E-state index in [9.17, 15) is 0 Å². The van der Waals surface area contributed by atoms with E-state index in [1.54, 1.807) is 0 Å². The molecule has 19 heavy (non-hydrogen) atoms. The van der Waals surface area contributed by atoms with Crippen molar-refractivity contribution in [3.05, 3.63) is 30.3 Å². The minimum absolute atomic E-state index is 0.271. The summed E-state index contributed by atoms with van der Waals surface area (Å²) in [7, 11) is 0. The van der Waals surface area contributed by atoms with Crippen LogP contribution in [0.2, 0.25) is 0 Å². The first kappa shape index (κ1) is 13.9. The molecular formula is C15H21N3S. The first-order valence-corrected chi connectivity index (χ1v) is 7.35. The van der Waals surface area contributed by atoms with E-state index in [-0.39, 0.29) is 5.41 Å². The van der Waals surface area contributed by atoms with Crippen molar-refractivity contribution in [3.63, 3.8) is 0 Å². The maximum atomic E-state index is 6.00. The second-order valence-corrected chi connectivity index (χ2v) is 6.28. The first-order valence-electron chi connectivity index (χ1n) is 6.58. The molecular weight excluding hydrogens is 254 g/mol. The SMILES string of the molecule is CCC(C)(C)CNc1snc(N)c1-c1ccccc1. The summed E-state index contributed by atoms with van der Waals surface area (Å²) in [6.07, 6.45) is 1.13. The third-order valence-electron chi connectivity index (χ3n) is 3.47. The molecule has 1 aromatic heterocycles. The van der Waals surface area contributed by atoms with Gasteiger partial charge in [0, 0.05) is 6.54 Å². The third kappa shape index (κ3) is 3.26. The topological polar surface area (TPSA) is 50.9 Å². The predicted molar refractivity (Wildman–Crippen MR) is 84.5 cm³/mol. The van der Waals surface area contributed by atoms with Gasteiger partial charge in [-0.3, -0.25) is 0 Å². The number of nitrogen functional groups attached to an aromatic ring is 1. The molecule has 0 aliphatic carbocycles. The first-order chi connectivity index (χ1) is 9.03. The van der Waals surface area contributed by atoms with Crippen LogP contribution in [-0.4, -0.2) is 10.9 Å². The average molecular weight is 275 g/mol. The zero-order valence-corrected chi connectivity index (χ0v) is 12.6. The van der Waals surface area contributed by atoms with Gasteiger partial charge in [-0.1, -0.05) is 51.1 Å². The fraction of sp³-hybridized carbons (Fsp3) is 0.400. The van der Waals surface area contributed by atoms with Crippen molar-refractivity contribution in [2.75, 3.05) is 17.6 Å². The molecule has 102 valence electrons. The largest absolute Gasteiger partial charge is 0.382 e. The molecule has 0 spiro atoms. The van der Waals surface area contributed by atoms with Gasteiger partial charge >= 0.3 is 0 Å². The number of nitrogens with two attached hydrogens (primary N) is 1. The quantitative estimate of drug-likeness (QED) is 0.858. The van der Waals surface area contributed by atoms with Crippen molar-refractivity contribution in [1.29, 1.82) is 0 Å². The highest BCUT2D eigenvalue weighted by Crippen LogP contribution is 2.37. The molecule has 2 aromatic rings. The van der Waals surface area contributed by atoms with Crippen molar-refractivity contribution < 1.29 is 0 Å². The van der Waals surface area contributed by atoms with Crippen LogP contribution in [0.5, 0.6) is 0 Å². The lowest BCUT2D eigenvalue weighted by molar-refractivity contribution is 0.377. The molecule has 0 saturated heterocycles. The molecule has 0 amide bonds. The second kappa shape index (κ2) is 5.61. The lowest BCUT2D eigenvalue weighted by atomic mass is 9.90. The molecule has 4 heteroatoms. The second-order valence-electron chi connectivity index (χ2n) is 5.51. The summed E-state index contributed by atoms with van der Waals surface area (Å²) in [5, 5.41) is 4.56. The van der Waals surface area contributed by atoms with Gasteiger partial charge in [-0.2, -0.15) is 4.37 Å². The number of hydrogen-bond donors (Lipinski definition) is 2. The van der Waals surface area contributed by atoms with Crippen molar-refractivity contribution in [3.8, 4) is 11.1 Å². The summed E-state index contributed by atoms with van der Waals surface area (Å²) < 4.78 is 4.28. The van der Waals surface area contributed by atoms with Crippen LogP contribution in [-0.2, 0) is 0 Å². The Hall–Kier alpha value is -1.55. The highest BCUT2D eigenvalue weighted by Gasteiger charge is 2.18. The lowest BCUT2D eigenvalue weighted by Crippen LogP contribution is -2.21. The van der Waals surface area contributed by atoms with Crippen molar-refractivity contribution in [1.82, 2.24) is 4.37 Å². The molecule has 0 aliphatic heterocycles. The van der Waals surface area contributed by atoms with Crippen LogP contribution in [0.15, 0.2) is 30.3 Å². The molecule has 0 unspecified atom stereocenters. The smallest absolute Gasteiger partial charge is 0.147 e. The zero-order chi connectivity index (χ0) is 13.9. The Morgan fingerprint density at radius 1 is 1.26 bits per heavy atom. The average Bonchev–Trinajstić information content (AvgIpc) is 2.79. The van der Waals surface area contributed by atoms with Crippen LogP contribution < -0.4 is 11.1 Å². The molecule has 0 radical (unpaired) electrons. The van der Waals surface area contributed by atoms with Crippen LogP contribution in [0.25, 0.3) is 11.1 Å². The number of nitrogens with zero attached hydrogens (tertiary/aromatic N) is 1. The van der Waals surface area contributed by atoms with Gasteiger partial charge in [0.2, 0.25) is 0 Å². The van der Waals surface area contributed by atoms with Gasteiger partial charge in [-0.05, 0) is 28.9 Å². The number of aromatic nitrogens is 1. The summed E-state index contributed by atoms with van der Waals surface area (Å²) in [4.78, 5) is 0. The van der Waals surface area contributed by atoms with Crippen molar-refractivity contribution in [2.24, 2.45) is 5.41 Å². The molecule has 3 N–H and O–H groups in total. The van der Waals surface area contributed by atoms with E-state index in [2.05, 4.69) is 42.6 Å². The molecule has 0 bridgehead atoms. The Kier molecular flexibility index (Phi) is 4.10. The third-order valence-corrected chi connectivity index (χ3v) is 4.28. The van der Waals surface area contributed by atoms with Gasteiger partial charge in [0.15, 0.2) is 0 Å². The molecule has 3 nitrogen and oxygen atoms in total. The Morgan fingerprint density at radius 2 is 1.95 bits per heavy atom. The number of anilines is 2. The van der Waals surface area contributed by atoms with Gasteiger partial charge in [-0.15, -0.1) is 0 Å². The van der Waals surface area contributed by atoms with Crippen LogP contribution >= 0.6 is 11.5 Å². The van der Waals surface area contributed by atoms with E-state index >= 15 is 0 Å². The fourth-order valence-corrected chi connectivity index (χ4v) is 2.48. The number of nitrogens with one attached hydrogen (secondary N) is 1. The van der Waals surface area contributed by atoms with Crippen LogP contribution in [0.4, 0.5) is 10.8 Å². The van der Waals surface area contributed by atoms with Crippen LogP contribution in [0.3, 0.4) is 0 Å². The van der Waals surface area contributed by atoms with E-state index in [4.69, 9.17) is 5.73 Å².